The molecule has 0 bridgehead atoms. The van der Waals surface area contributed by atoms with Crippen LogP contribution in [0.15, 0.2) is 48.5 Å². The van der Waals surface area contributed by atoms with Gasteiger partial charge in [-0.05, 0) is 42.0 Å². The van der Waals surface area contributed by atoms with Crippen molar-refractivity contribution in [1.82, 2.24) is 20.3 Å². The number of rotatable bonds is 5. The summed E-state index contributed by atoms with van der Waals surface area (Å²) in [5.74, 6) is -0.996. The summed E-state index contributed by atoms with van der Waals surface area (Å²) in [5.41, 5.74) is 6.95. The number of nitrogens with two attached hydrogens (primary N) is 1. The maximum Gasteiger partial charge on any atom is 0.573 e. The number of ether oxygens (including phenoxy) is 1. The van der Waals surface area contributed by atoms with Crippen LogP contribution in [0.2, 0.25) is 5.02 Å². The third-order valence-corrected chi connectivity index (χ3v) is 3.85. The predicted octanol–water partition coefficient (Wildman–Crippen LogP) is 3.33. The summed E-state index contributed by atoms with van der Waals surface area (Å²) >= 11 is 5.80. The minimum atomic E-state index is -4.79. The van der Waals surface area contributed by atoms with Crippen LogP contribution >= 0.6 is 11.6 Å². The quantitative estimate of drug-likeness (QED) is 0.671. The van der Waals surface area contributed by atoms with Crippen LogP contribution in [-0.2, 0) is 6.54 Å². The number of nitrogens with zero attached hydrogens (tertiary/aromatic N) is 3. The molecule has 7 nitrogen and oxygen atoms in total. The van der Waals surface area contributed by atoms with Crippen molar-refractivity contribution >= 4 is 23.3 Å². The molecule has 146 valence electrons. The number of nitrogens with one attached hydrogen (secondary N) is 1. The van der Waals surface area contributed by atoms with Crippen LogP contribution in [-0.4, -0.2) is 27.3 Å². The number of hydrogen-bond acceptors (Lipinski definition) is 5. The maximum atomic E-state index is 12.3. The highest BCUT2D eigenvalue weighted by molar-refractivity contribution is 6.30. The van der Waals surface area contributed by atoms with Crippen LogP contribution in [0.25, 0.3) is 5.69 Å². The fourth-order valence-corrected chi connectivity index (χ4v) is 2.42. The van der Waals surface area contributed by atoms with E-state index in [9.17, 15) is 18.0 Å². The van der Waals surface area contributed by atoms with E-state index in [4.69, 9.17) is 17.3 Å². The third-order valence-electron chi connectivity index (χ3n) is 3.60. The first-order valence-corrected chi connectivity index (χ1v) is 8.21. The van der Waals surface area contributed by atoms with Crippen molar-refractivity contribution in [3.63, 3.8) is 0 Å². The SMILES string of the molecule is Nc1c(C(=O)NCc2ccc(Cl)cc2)nnn1-c1ccc(OC(F)(F)F)cc1. The molecule has 3 aromatic rings. The zero-order valence-electron chi connectivity index (χ0n) is 14.1. The van der Waals surface area contributed by atoms with Gasteiger partial charge < -0.3 is 15.8 Å². The Morgan fingerprint density at radius 3 is 2.39 bits per heavy atom. The Balaban J connectivity index is 1.70. The number of hydrogen-bond donors (Lipinski definition) is 2. The van der Waals surface area contributed by atoms with Gasteiger partial charge in [-0.15, -0.1) is 18.3 Å². The lowest BCUT2D eigenvalue weighted by atomic mass is 10.2. The zero-order valence-corrected chi connectivity index (χ0v) is 14.8. The van der Waals surface area contributed by atoms with Crippen molar-refractivity contribution in [2.24, 2.45) is 0 Å². The molecular weight excluding hydrogens is 399 g/mol. The summed E-state index contributed by atoms with van der Waals surface area (Å²) in [7, 11) is 0. The van der Waals surface area contributed by atoms with Gasteiger partial charge in [0.15, 0.2) is 11.5 Å². The second-order valence-electron chi connectivity index (χ2n) is 5.59. The molecule has 3 N–H and O–H groups in total. The van der Waals surface area contributed by atoms with Gasteiger partial charge in [-0.3, -0.25) is 4.79 Å². The Labute approximate surface area is 161 Å². The van der Waals surface area contributed by atoms with Crippen molar-refractivity contribution in [3.05, 3.63) is 64.8 Å². The van der Waals surface area contributed by atoms with E-state index >= 15 is 0 Å². The van der Waals surface area contributed by atoms with E-state index < -0.39 is 18.0 Å². The van der Waals surface area contributed by atoms with Gasteiger partial charge in [-0.1, -0.05) is 28.9 Å². The summed E-state index contributed by atoms with van der Waals surface area (Å²) in [6, 6.07) is 11.7. The average molecular weight is 412 g/mol. The molecule has 0 saturated carbocycles. The Hall–Kier alpha value is -3.27. The number of amides is 1. The van der Waals surface area contributed by atoms with Crippen LogP contribution in [0.3, 0.4) is 0 Å². The number of aromatic nitrogens is 3. The first-order valence-electron chi connectivity index (χ1n) is 7.83. The smallest absolute Gasteiger partial charge is 0.406 e. The van der Waals surface area contributed by atoms with Crippen molar-refractivity contribution in [1.29, 1.82) is 0 Å². The summed E-state index contributed by atoms with van der Waals surface area (Å²) in [6.07, 6.45) is -4.79. The van der Waals surface area contributed by atoms with Crippen molar-refractivity contribution in [3.8, 4) is 11.4 Å². The molecule has 0 atom stereocenters. The standard InChI is InChI=1S/C17H13ClF3N5O2/c18-11-3-1-10(2-4-11)9-23-16(27)14-15(22)26(25-24-14)12-5-7-13(8-6-12)28-17(19,20)21/h1-8H,9,22H2,(H,23,27). The van der Waals surface area contributed by atoms with Crippen LogP contribution in [0, 0.1) is 0 Å². The molecule has 1 heterocycles. The molecule has 0 aliphatic rings. The molecular formula is C17H13ClF3N5O2. The molecule has 0 aliphatic heterocycles. The number of carbonyl (C=O) groups is 1. The highest BCUT2D eigenvalue weighted by Crippen LogP contribution is 2.24. The second-order valence-corrected chi connectivity index (χ2v) is 6.02. The predicted molar refractivity (Wildman–Crippen MR) is 95.1 cm³/mol. The Morgan fingerprint density at radius 2 is 1.79 bits per heavy atom. The van der Waals surface area contributed by atoms with Crippen LogP contribution in [0.5, 0.6) is 5.75 Å². The van der Waals surface area contributed by atoms with Crippen molar-refractivity contribution < 1.29 is 22.7 Å². The second kappa shape index (κ2) is 7.77. The molecule has 0 spiro atoms. The number of nitrogen functional groups attached to an aromatic ring is 1. The first-order chi connectivity index (χ1) is 13.2. The maximum absolute atomic E-state index is 12.3. The summed E-state index contributed by atoms with van der Waals surface area (Å²) < 4.78 is 41.6. The number of anilines is 1. The normalized spacial score (nSPS) is 11.3. The Morgan fingerprint density at radius 1 is 1.14 bits per heavy atom. The fourth-order valence-electron chi connectivity index (χ4n) is 2.30. The lowest BCUT2D eigenvalue weighted by Gasteiger charge is -2.09. The average Bonchev–Trinajstić information content (AvgIpc) is 3.02. The van der Waals surface area contributed by atoms with E-state index in [1.807, 2.05) is 0 Å². The minimum Gasteiger partial charge on any atom is -0.406 e. The Bertz CT molecular complexity index is 972. The van der Waals surface area contributed by atoms with Gasteiger partial charge in [0.05, 0.1) is 5.69 Å². The lowest BCUT2D eigenvalue weighted by Crippen LogP contribution is -2.24. The van der Waals surface area contributed by atoms with Gasteiger partial charge in [0.2, 0.25) is 0 Å². The molecule has 0 radical (unpaired) electrons. The molecule has 1 aromatic heterocycles. The largest absolute Gasteiger partial charge is 0.573 e. The van der Waals surface area contributed by atoms with E-state index in [1.165, 1.54) is 12.1 Å². The van der Waals surface area contributed by atoms with Gasteiger partial charge in [0.25, 0.3) is 5.91 Å². The summed E-state index contributed by atoms with van der Waals surface area (Å²) in [6.45, 7) is 0.228. The highest BCUT2D eigenvalue weighted by atomic mass is 35.5. The molecule has 3 rings (SSSR count). The van der Waals surface area contributed by atoms with E-state index in [0.717, 1.165) is 22.4 Å². The molecule has 2 aromatic carbocycles. The number of benzene rings is 2. The number of halogens is 4. The molecule has 0 unspecified atom stereocenters. The van der Waals surface area contributed by atoms with E-state index in [2.05, 4.69) is 20.4 Å². The monoisotopic (exact) mass is 411 g/mol. The van der Waals surface area contributed by atoms with Crippen LogP contribution in [0.1, 0.15) is 16.1 Å². The third kappa shape index (κ3) is 4.71. The summed E-state index contributed by atoms with van der Waals surface area (Å²) in [4.78, 5) is 12.3. The van der Waals surface area contributed by atoms with Gasteiger partial charge >= 0.3 is 6.36 Å². The molecule has 11 heteroatoms. The van der Waals surface area contributed by atoms with Crippen molar-refractivity contribution in [2.75, 3.05) is 5.73 Å². The molecule has 0 aliphatic carbocycles. The van der Waals surface area contributed by atoms with Gasteiger partial charge in [0.1, 0.15) is 5.75 Å². The molecule has 0 saturated heterocycles. The van der Waals surface area contributed by atoms with E-state index in [-0.39, 0.29) is 18.1 Å². The van der Waals surface area contributed by atoms with Gasteiger partial charge in [-0.25, -0.2) is 0 Å². The molecule has 28 heavy (non-hydrogen) atoms. The van der Waals surface area contributed by atoms with Crippen LogP contribution in [0.4, 0.5) is 19.0 Å². The lowest BCUT2D eigenvalue weighted by molar-refractivity contribution is -0.274. The van der Waals surface area contributed by atoms with E-state index in [1.54, 1.807) is 24.3 Å². The number of carbonyl (C=O) groups excluding carboxylic acids is 1. The Kier molecular flexibility index (Phi) is 5.41. The number of alkyl halides is 3. The molecule has 1 amide bonds. The topological polar surface area (TPSA) is 95.1 Å². The van der Waals surface area contributed by atoms with E-state index in [0.29, 0.717) is 10.7 Å². The summed E-state index contributed by atoms with van der Waals surface area (Å²) in [5, 5.41) is 10.8. The first kappa shape index (κ1) is 19.5. The van der Waals surface area contributed by atoms with Crippen LogP contribution < -0.4 is 15.8 Å². The molecule has 0 fully saturated rings. The van der Waals surface area contributed by atoms with Gasteiger partial charge in [-0.2, -0.15) is 4.68 Å². The zero-order chi connectivity index (χ0) is 20.3. The van der Waals surface area contributed by atoms with Crippen molar-refractivity contribution in [2.45, 2.75) is 12.9 Å². The minimum absolute atomic E-state index is 0.0573. The van der Waals surface area contributed by atoms with Gasteiger partial charge in [0, 0.05) is 11.6 Å². The highest BCUT2D eigenvalue weighted by Gasteiger charge is 2.31. The fraction of sp³-hybridized carbons (Fsp3) is 0.118.